The zero-order chi connectivity index (χ0) is 32.4. The quantitative estimate of drug-likeness (QED) is 0.112. The summed E-state index contributed by atoms with van der Waals surface area (Å²) in [6, 6.07) is 3.05. The number of aliphatic hydroxyl groups excluding tert-OH is 2. The summed E-state index contributed by atoms with van der Waals surface area (Å²) in [5.41, 5.74) is 0.453. The third kappa shape index (κ3) is 4.46. The van der Waals surface area contributed by atoms with Gasteiger partial charge in [-0.1, -0.05) is 0 Å². The molecule has 8 N–H and O–H groups in total. The van der Waals surface area contributed by atoms with E-state index in [0.29, 0.717) is 11.3 Å². The van der Waals surface area contributed by atoms with Crippen LogP contribution in [-0.2, 0) is 20.8 Å². The van der Waals surface area contributed by atoms with Crippen molar-refractivity contribution in [2.45, 2.75) is 24.9 Å². The predicted molar refractivity (Wildman–Crippen MR) is 151 cm³/mol. The second-order valence-corrected chi connectivity index (χ2v) is 10.9. The van der Waals surface area contributed by atoms with Gasteiger partial charge in [0.05, 0.1) is 16.2 Å². The van der Waals surface area contributed by atoms with Crippen molar-refractivity contribution in [3.8, 4) is 5.75 Å². The normalized spacial score (nSPS) is 22.5. The zero-order valence-electron chi connectivity index (χ0n) is 23.2. The van der Waals surface area contributed by atoms with Crippen LogP contribution in [0.4, 0.5) is 31.9 Å². The van der Waals surface area contributed by atoms with Gasteiger partial charge in [-0.15, -0.1) is 0 Å². The number of carbonyl (C=O) groups is 4. The van der Waals surface area contributed by atoms with Crippen LogP contribution < -0.4 is 21.3 Å². The van der Waals surface area contributed by atoms with E-state index >= 15 is 0 Å². The van der Waals surface area contributed by atoms with Crippen molar-refractivity contribution in [2.75, 3.05) is 29.6 Å². The number of nitrogens with zero attached hydrogens (tertiary/aromatic N) is 2. The van der Waals surface area contributed by atoms with Crippen LogP contribution in [0.25, 0.3) is 5.76 Å². The number of ketones is 2. The molecule has 1 fully saturated rings. The zero-order valence-corrected chi connectivity index (χ0v) is 23.2. The topological polar surface area (TPSA) is 246 Å². The summed E-state index contributed by atoms with van der Waals surface area (Å²) in [4.78, 5) is 62.6. The van der Waals surface area contributed by atoms with E-state index in [1.807, 2.05) is 0 Å². The van der Waals surface area contributed by atoms with E-state index in [-0.39, 0.29) is 35.4 Å². The molecule has 0 aromatic heterocycles. The Labute approximate surface area is 247 Å². The van der Waals surface area contributed by atoms with Crippen molar-refractivity contribution in [3.63, 3.8) is 0 Å². The Morgan fingerprint density at radius 3 is 2.43 bits per heavy atom. The minimum atomic E-state index is -2.73. The van der Waals surface area contributed by atoms with Crippen molar-refractivity contribution in [3.05, 3.63) is 68.2 Å². The van der Waals surface area contributed by atoms with Crippen LogP contribution in [0.15, 0.2) is 41.2 Å². The molecule has 16 heteroatoms. The summed E-state index contributed by atoms with van der Waals surface area (Å²) in [7, 11) is 3.28. The van der Waals surface area contributed by atoms with Crippen molar-refractivity contribution in [1.29, 1.82) is 0 Å². The number of phenolic OH excluding ortho intramolecular Hbond substituents is 1. The lowest BCUT2D eigenvalue weighted by molar-refractivity contribution is -0.387. The van der Waals surface area contributed by atoms with Gasteiger partial charge in [0, 0.05) is 49.4 Å². The maximum Gasteiger partial charge on any atom is 0.323 e. The molecule has 0 unspecified atom stereocenters. The minimum Gasteiger partial charge on any atom is -0.508 e. The summed E-state index contributed by atoms with van der Waals surface area (Å²) in [6.07, 6.45) is -0.465. The highest BCUT2D eigenvalue weighted by atomic mass is 19.1. The number of hydrogen-bond acceptors (Lipinski definition) is 11. The summed E-state index contributed by atoms with van der Waals surface area (Å²) in [6.45, 7) is 0. The number of hydrogen-bond donors (Lipinski definition) is 7. The molecule has 0 aliphatic heterocycles. The molecule has 1 saturated carbocycles. The van der Waals surface area contributed by atoms with E-state index in [9.17, 15) is 54.1 Å². The van der Waals surface area contributed by atoms with Crippen LogP contribution in [0.5, 0.6) is 5.75 Å². The summed E-state index contributed by atoms with van der Waals surface area (Å²) in [5, 5.41) is 60.5. The Balaban J connectivity index is 1.57. The Morgan fingerprint density at radius 2 is 1.82 bits per heavy atom. The smallest absolute Gasteiger partial charge is 0.323 e. The van der Waals surface area contributed by atoms with E-state index in [1.165, 1.54) is 6.07 Å². The molecule has 0 radical (unpaired) electrons. The highest BCUT2D eigenvalue weighted by Gasteiger charge is 2.60. The van der Waals surface area contributed by atoms with E-state index in [2.05, 4.69) is 10.6 Å². The van der Waals surface area contributed by atoms with Gasteiger partial charge in [0.15, 0.2) is 17.1 Å². The number of Topliss-reactive ketones (excluding diaryl/α,β-unsaturated/α-hetero) is 2. The molecule has 3 amide bonds. The lowest BCUT2D eigenvalue weighted by Gasteiger charge is -2.46. The highest BCUT2D eigenvalue weighted by molar-refractivity contribution is 6.22. The Hall–Kier alpha value is -5.51. The number of nitrogens with one attached hydrogen (secondary N) is 2. The average molecular weight is 612 g/mol. The number of nitro groups is 1. The molecule has 2 aromatic rings. The molecule has 230 valence electrons. The molecular formula is C28H26FN5O10. The van der Waals surface area contributed by atoms with Crippen molar-refractivity contribution in [2.24, 2.45) is 17.6 Å². The number of nitrogens with two attached hydrogens (primary N) is 1. The molecule has 5 rings (SSSR count). The number of primary amides is 1. The monoisotopic (exact) mass is 611 g/mol. The number of phenols is 1. The standard InChI is InChI=1S/C28H26FN5O10/c1-33(2)16-9-15(32-27(41)31-12-3-4-14(29)17(8-12)34(43)44)22(36)20-13(16)6-10-5-11-7-18(35)21(26(30)40)25(39)28(11,42)24(38)19(10)23(20)37/h3-4,8-11,36-37,39,42H,5-7H2,1-2H3,(H2,30,40)(H2,31,32,41)/t10-,11+,28+/m1/s1. The fourth-order valence-electron chi connectivity index (χ4n) is 6.18. The number of aromatic hydroxyl groups is 1. The van der Waals surface area contributed by atoms with E-state index in [0.717, 1.165) is 18.2 Å². The number of halogens is 1. The van der Waals surface area contributed by atoms with Gasteiger partial charge in [-0.2, -0.15) is 4.39 Å². The maximum absolute atomic E-state index is 13.7. The maximum atomic E-state index is 13.7. The van der Waals surface area contributed by atoms with Gasteiger partial charge in [0.2, 0.25) is 11.6 Å². The summed E-state index contributed by atoms with van der Waals surface area (Å²) in [5.74, 6) is -8.97. The molecule has 0 spiro atoms. The lowest BCUT2D eigenvalue weighted by atomic mass is 9.59. The molecule has 0 saturated heterocycles. The van der Waals surface area contributed by atoms with Gasteiger partial charge in [-0.25, -0.2) is 4.79 Å². The number of anilines is 3. The molecule has 2 aromatic carbocycles. The van der Waals surface area contributed by atoms with E-state index < -0.39 is 86.6 Å². The number of nitro benzene ring substituents is 1. The van der Waals surface area contributed by atoms with Crippen LogP contribution >= 0.6 is 0 Å². The second-order valence-electron chi connectivity index (χ2n) is 10.9. The largest absolute Gasteiger partial charge is 0.508 e. The first kappa shape index (κ1) is 30.0. The SMILES string of the molecule is CN(C)c1cc(NC(=O)Nc2ccc(F)c([N+](=O)[O-])c2)c(O)c2c1C[C@H]1C[C@H]3CC(=O)C(C(N)=O)=C(O)[C@@]3(O)C(=O)C1=C2O. The van der Waals surface area contributed by atoms with Crippen LogP contribution in [0.2, 0.25) is 0 Å². The molecule has 0 heterocycles. The number of rotatable bonds is 5. The molecule has 0 bridgehead atoms. The van der Waals surface area contributed by atoms with Crippen LogP contribution in [0.1, 0.15) is 24.0 Å². The Kier molecular flexibility index (Phi) is 7.04. The first-order valence-electron chi connectivity index (χ1n) is 13.1. The average Bonchev–Trinajstić information content (AvgIpc) is 2.92. The lowest BCUT2D eigenvalue weighted by Crippen LogP contribution is -2.58. The fourth-order valence-corrected chi connectivity index (χ4v) is 6.18. The number of urea groups is 1. The first-order valence-corrected chi connectivity index (χ1v) is 13.1. The Bertz CT molecular complexity index is 1770. The third-order valence-corrected chi connectivity index (χ3v) is 8.17. The van der Waals surface area contributed by atoms with Gasteiger partial charge in [-0.3, -0.25) is 24.5 Å². The van der Waals surface area contributed by atoms with E-state index in [4.69, 9.17) is 5.73 Å². The first-order chi connectivity index (χ1) is 20.6. The number of benzene rings is 2. The summed E-state index contributed by atoms with van der Waals surface area (Å²) >= 11 is 0. The Morgan fingerprint density at radius 1 is 1.14 bits per heavy atom. The predicted octanol–water partition coefficient (Wildman–Crippen LogP) is 2.18. The van der Waals surface area contributed by atoms with Gasteiger partial charge in [0.25, 0.3) is 5.91 Å². The van der Waals surface area contributed by atoms with Gasteiger partial charge < -0.3 is 41.7 Å². The molecule has 3 aliphatic carbocycles. The fraction of sp³-hybridized carbons (Fsp3) is 0.286. The van der Waals surface area contributed by atoms with Crippen LogP contribution in [0.3, 0.4) is 0 Å². The molecule has 44 heavy (non-hydrogen) atoms. The van der Waals surface area contributed by atoms with Crippen molar-refractivity contribution in [1.82, 2.24) is 0 Å². The van der Waals surface area contributed by atoms with Crippen LogP contribution in [0, 0.1) is 27.8 Å². The number of aliphatic hydroxyl groups is 3. The number of carbonyl (C=O) groups excluding carboxylic acids is 4. The van der Waals surface area contributed by atoms with Crippen LogP contribution in [-0.4, -0.2) is 68.6 Å². The third-order valence-electron chi connectivity index (χ3n) is 8.17. The highest BCUT2D eigenvalue weighted by Crippen LogP contribution is 2.54. The van der Waals surface area contributed by atoms with Gasteiger partial charge in [-0.05, 0) is 42.5 Å². The van der Waals surface area contributed by atoms with Crippen molar-refractivity contribution < 1.29 is 48.9 Å². The molecular weight excluding hydrogens is 585 g/mol. The van der Waals surface area contributed by atoms with Gasteiger partial charge >= 0.3 is 11.7 Å². The minimum absolute atomic E-state index is 0.0428. The second kappa shape index (κ2) is 10.3. The molecule has 3 aliphatic rings. The molecule has 15 nitrogen and oxygen atoms in total. The van der Waals surface area contributed by atoms with Gasteiger partial charge in [0.1, 0.15) is 17.1 Å². The number of amides is 3. The van der Waals surface area contributed by atoms with E-state index in [1.54, 1.807) is 19.0 Å². The number of fused-ring (bicyclic) bond motifs is 3. The molecule has 3 atom stereocenters. The summed E-state index contributed by atoms with van der Waals surface area (Å²) < 4.78 is 13.7. The van der Waals surface area contributed by atoms with Crippen molar-refractivity contribution >= 4 is 52.0 Å².